The zero-order valence-corrected chi connectivity index (χ0v) is 13.0. The third-order valence-corrected chi connectivity index (χ3v) is 3.03. The van der Waals surface area contributed by atoms with Gasteiger partial charge in [-0.05, 0) is 37.8 Å². The van der Waals surface area contributed by atoms with Crippen LogP contribution in [-0.2, 0) is 9.59 Å². The number of hydrogen-bond donors (Lipinski definition) is 2. The van der Waals surface area contributed by atoms with Crippen LogP contribution < -0.4 is 10.1 Å². The summed E-state index contributed by atoms with van der Waals surface area (Å²) in [6.45, 7) is 7.51. The van der Waals surface area contributed by atoms with Gasteiger partial charge in [-0.15, -0.1) is 0 Å². The van der Waals surface area contributed by atoms with Crippen LogP contribution in [0.4, 0.5) is 0 Å². The summed E-state index contributed by atoms with van der Waals surface area (Å²) in [5, 5.41) is 11.6. The normalized spacial score (nSPS) is 12.0. The predicted octanol–water partition coefficient (Wildman–Crippen LogP) is 2.30. The monoisotopic (exact) mass is 293 g/mol. The van der Waals surface area contributed by atoms with Gasteiger partial charge in [0, 0.05) is 0 Å². The van der Waals surface area contributed by atoms with Gasteiger partial charge in [0.1, 0.15) is 11.8 Å². The number of amides is 1. The highest BCUT2D eigenvalue weighted by Crippen LogP contribution is 2.18. The largest absolute Gasteiger partial charge is 0.484 e. The Hall–Kier alpha value is -2.04. The first-order valence-corrected chi connectivity index (χ1v) is 7.01. The molecule has 0 aliphatic heterocycles. The quantitative estimate of drug-likeness (QED) is 0.809. The number of hydrogen-bond acceptors (Lipinski definition) is 3. The van der Waals surface area contributed by atoms with Crippen LogP contribution in [0.1, 0.15) is 31.4 Å². The topological polar surface area (TPSA) is 75.6 Å². The molecule has 0 aliphatic carbocycles. The van der Waals surface area contributed by atoms with Gasteiger partial charge in [-0.25, -0.2) is 4.79 Å². The average Bonchev–Trinajstić information content (AvgIpc) is 2.36. The standard InChI is InChI=1S/C16H23NO4/c1-10(2)7-13(16(19)20)17-15(18)9-21-14-6-5-11(3)8-12(14)4/h5-6,8,10,13H,7,9H2,1-4H3,(H,17,18)(H,19,20)/t13-/m1/s1. The van der Waals surface area contributed by atoms with Crippen LogP contribution in [0.25, 0.3) is 0 Å². The zero-order valence-electron chi connectivity index (χ0n) is 13.0. The van der Waals surface area contributed by atoms with Gasteiger partial charge in [0.25, 0.3) is 5.91 Å². The van der Waals surface area contributed by atoms with Crippen LogP contribution in [0.5, 0.6) is 5.75 Å². The van der Waals surface area contributed by atoms with E-state index in [1.54, 1.807) is 6.07 Å². The number of carbonyl (C=O) groups excluding carboxylic acids is 1. The number of aliphatic carboxylic acids is 1. The highest BCUT2D eigenvalue weighted by molar-refractivity contribution is 5.84. The van der Waals surface area contributed by atoms with Crippen molar-refractivity contribution >= 4 is 11.9 Å². The summed E-state index contributed by atoms with van der Waals surface area (Å²) >= 11 is 0. The summed E-state index contributed by atoms with van der Waals surface area (Å²) in [6, 6.07) is 4.80. The van der Waals surface area contributed by atoms with Gasteiger partial charge in [-0.1, -0.05) is 31.5 Å². The molecule has 0 saturated heterocycles. The Morgan fingerprint density at radius 2 is 1.95 bits per heavy atom. The van der Waals surface area contributed by atoms with E-state index in [0.717, 1.165) is 11.1 Å². The molecule has 0 spiro atoms. The van der Waals surface area contributed by atoms with Crippen molar-refractivity contribution < 1.29 is 19.4 Å². The minimum absolute atomic E-state index is 0.187. The SMILES string of the molecule is Cc1ccc(OCC(=O)N[C@H](CC(C)C)C(=O)O)c(C)c1. The fourth-order valence-electron chi connectivity index (χ4n) is 2.03. The van der Waals surface area contributed by atoms with E-state index in [2.05, 4.69) is 5.32 Å². The first kappa shape index (κ1) is 17.0. The van der Waals surface area contributed by atoms with E-state index in [0.29, 0.717) is 12.2 Å². The van der Waals surface area contributed by atoms with Crippen molar-refractivity contribution in [3.8, 4) is 5.75 Å². The zero-order chi connectivity index (χ0) is 16.0. The summed E-state index contributed by atoms with van der Waals surface area (Å²) in [7, 11) is 0. The third kappa shape index (κ3) is 5.85. The molecule has 1 atom stereocenters. The second kappa shape index (κ2) is 7.67. The summed E-state index contributed by atoms with van der Waals surface area (Å²) in [6.07, 6.45) is 0.393. The molecule has 21 heavy (non-hydrogen) atoms. The summed E-state index contributed by atoms with van der Waals surface area (Å²) in [4.78, 5) is 22.9. The van der Waals surface area contributed by atoms with E-state index in [1.165, 1.54) is 0 Å². The number of ether oxygens (including phenoxy) is 1. The molecule has 0 saturated carbocycles. The van der Waals surface area contributed by atoms with E-state index < -0.39 is 17.9 Å². The fourth-order valence-corrected chi connectivity index (χ4v) is 2.03. The maximum Gasteiger partial charge on any atom is 0.326 e. The molecule has 5 heteroatoms. The van der Waals surface area contributed by atoms with Crippen molar-refractivity contribution in [3.63, 3.8) is 0 Å². The van der Waals surface area contributed by atoms with Gasteiger partial charge in [-0.3, -0.25) is 4.79 Å². The van der Waals surface area contributed by atoms with Crippen molar-refractivity contribution in [1.82, 2.24) is 5.32 Å². The van der Waals surface area contributed by atoms with Crippen LogP contribution in [0, 0.1) is 19.8 Å². The molecule has 116 valence electrons. The van der Waals surface area contributed by atoms with Crippen molar-refractivity contribution in [2.45, 2.75) is 40.2 Å². The first-order valence-electron chi connectivity index (χ1n) is 7.01. The van der Waals surface area contributed by atoms with Crippen molar-refractivity contribution in [3.05, 3.63) is 29.3 Å². The molecule has 1 aromatic rings. The Kier molecular flexibility index (Phi) is 6.21. The minimum atomic E-state index is -1.02. The molecular weight excluding hydrogens is 270 g/mol. The average molecular weight is 293 g/mol. The Balaban J connectivity index is 2.54. The number of carboxylic acids is 1. The maximum atomic E-state index is 11.8. The molecule has 0 aliphatic rings. The van der Waals surface area contributed by atoms with Crippen LogP contribution in [0.2, 0.25) is 0 Å². The van der Waals surface area contributed by atoms with Crippen molar-refractivity contribution in [2.75, 3.05) is 6.61 Å². The van der Waals surface area contributed by atoms with E-state index in [1.807, 2.05) is 39.8 Å². The third-order valence-electron chi connectivity index (χ3n) is 3.03. The molecule has 1 amide bonds. The maximum absolute atomic E-state index is 11.8. The molecule has 1 aromatic carbocycles. The summed E-state index contributed by atoms with van der Waals surface area (Å²) < 4.78 is 5.43. The van der Waals surface area contributed by atoms with Gasteiger partial charge in [-0.2, -0.15) is 0 Å². The molecule has 0 bridgehead atoms. The molecule has 0 fully saturated rings. The van der Waals surface area contributed by atoms with E-state index in [-0.39, 0.29) is 12.5 Å². The Morgan fingerprint density at radius 3 is 2.48 bits per heavy atom. The molecule has 2 N–H and O–H groups in total. The Labute approximate surface area is 125 Å². The molecule has 5 nitrogen and oxygen atoms in total. The fraction of sp³-hybridized carbons (Fsp3) is 0.500. The molecule has 0 unspecified atom stereocenters. The highest BCUT2D eigenvalue weighted by atomic mass is 16.5. The van der Waals surface area contributed by atoms with Gasteiger partial charge in [0.2, 0.25) is 0 Å². The Bertz CT molecular complexity index is 511. The van der Waals surface area contributed by atoms with Gasteiger partial charge in [0.15, 0.2) is 6.61 Å². The smallest absolute Gasteiger partial charge is 0.326 e. The van der Waals surface area contributed by atoms with Crippen molar-refractivity contribution in [2.24, 2.45) is 5.92 Å². The number of rotatable bonds is 7. The van der Waals surface area contributed by atoms with Gasteiger partial charge >= 0.3 is 5.97 Å². The number of aryl methyl sites for hydroxylation is 2. The lowest BCUT2D eigenvalue weighted by Crippen LogP contribution is -2.43. The van der Waals surface area contributed by atoms with Crippen molar-refractivity contribution in [1.29, 1.82) is 0 Å². The number of nitrogens with one attached hydrogen (secondary N) is 1. The Morgan fingerprint density at radius 1 is 1.29 bits per heavy atom. The lowest BCUT2D eigenvalue weighted by molar-refractivity contribution is -0.142. The second-order valence-corrected chi connectivity index (χ2v) is 5.65. The van der Waals surface area contributed by atoms with Crippen LogP contribution in [0.15, 0.2) is 18.2 Å². The molecule has 0 heterocycles. The molecule has 1 rings (SSSR count). The van der Waals surface area contributed by atoms with E-state index >= 15 is 0 Å². The van der Waals surface area contributed by atoms with Crippen LogP contribution in [0.3, 0.4) is 0 Å². The number of benzene rings is 1. The minimum Gasteiger partial charge on any atom is -0.484 e. The summed E-state index contributed by atoms with van der Waals surface area (Å²) in [5.41, 5.74) is 2.06. The van der Waals surface area contributed by atoms with Crippen LogP contribution >= 0.6 is 0 Å². The van der Waals surface area contributed by atoms with Gasteiger partial charge in [0.05, 0.1) is 0 Å². The lowest BCUT2D eigenvalue weighted by Gasteiger charge is -2.17. The molecular formula is C16H23NO4. The predicted molar refractivity (Wildman–Crippen MR) is 80.4 cm³/mol. The second-order valence-electron chi connectivity index (χ2n) is 5.65. The first-order chi connectivity index (χ1) is 9.79. The van der Waals surface area contributed by atoms with Crippen LogP contribution in [-0.4, -0.2) is 29.6 Å². The summed E-state index contributed by atoms with van der Waals surface area (Å²) in [5.74, 6) is -0.635. The van der Waals surface area contributed by atoms with E-state index in [9.17, 15) is 9.59 Å². The number of carboxylic acid groups (broad SMARTS) is 1. The molecule has 0 radical (unpaired) electrons. The van der Waals surface area contributed by atoms with E-state index in [4.69, 9.17) is 9.84 Å². The lowest BCUT2D eigenvalue weighted by atomic mass is 10.0. The van der Waals surface area contributed by atoms with Gasteiger partial charge < -0.3 is 15.2 Å². The molecule has 0 aromatic heterocycles. The highest BCUT2D eigenvalue weighted by Gasteiger charge is 2.21. The number of carbonyl (C=O) groups is 2.